The van der Waals surface area contributed by atoms with E-state index in [0.717, 1.165) is 0 Å². The summed E-state index contributed by atoms with van der Waals surface area (Å²) >= 11 is 0. The number of rotatable bonds is 10. The summed E-state index contributed by atoms with van der Waals surface area (Å²) in [4.78, 5) is 27.6. The Morgan fingerprint density at radius 2 is 1.85 bits per heavy atom. The van der Waals surface area contributed by atoms with E-state index in [1.54, 1.807) is 62.7 Å². The van der Waals surface area contributed by atoms with Gasteiger partial charge < -0.3 is 14.9 Å². The van der Waals surface area contributed by atoms with Crippen molar-refractivity contribution >= 4 is 23.9 Å². The molecule has 0 fully saturated rings. The van der Waals surface area contributed by atoms with Crippen molar-refractivity contribution < 1.29 is 24.1 Å². The van der Waals surface area contributed by atoms with Gasteiger partial charge in [0, 0.05) is 31.6 Å². The van der Waals surface area contributed by atoms with Gasteiger partial charge in [0.25, 0.3) is 0 Å². The lowest BCUT2D eigenvalue weighted by Gasteiger charge is -2.21. The average Bonchev–Trinajstić information content (AvgIpc) is 3.26. The average molecular weight is 541 g/mol. The highest BCUT2D eigenvalue weighted by Gasteiger charge is 2.23. The van der Waals surface area contributed by atoms with E-state index in [0.29, 0.717) is 34.4 Å². The monoisotopic (exact) mass is 540 g/mol. The van der Waals surface area contributed by atoms with Crippen molar-refractivity contribution in [2.75, 3.05) is 11.9 Å². The lowest BCUT2D eigenvalue weighted by molar-refractivity contribution is -0.157. The molecule has 0 amide bonds. The molecule has 0 radical (unpaired) electrons. The summed E-state index contributed by atoms with van der Waals surface area (Å²) in [6, 6.07) is 5.97. The minimum absolute atomic E-state index is 0.0339. The number of carbonyl (C=O) groups excluding carboxylic acids is 1. The van der Waals surface area contributed by atoms with Gasteiger partial charge in [-0.15, -0.1) is 0 Å². The van der Waals surface area contributed by atoms with Gasteiger partial charge in [0.15, 0.2) is 0 Å². The summed E-state index contributed by atoms with van der Waals surface area (Å²) in [5.41, 5.74) is 1.88. The molecule has 2 aromatic heterocycles. The third kappa shape index (κ3) is 8.14. The molecular weight excluding hydrogens is 503 g/mol. The van der Waals surface area contributed by atoms with Crippen molar-refractivity contribution in [3.63, 3.8) is 0 Å². The Kier molecular flexibility index (Phi) is 9.52. The van der Waals surface area contributed by atoms with E-state index in [1.807, 2.05) is 13.8 Å². The van der Waals surface area contributed by atoms with Gasteiger partial charge in [-0.3, -0.25) is 9.69 Å². The maximum Gasteiger partial charge on any atom is 0.308 e. The molecule has 2 N–H and O–H groups in total. The second kappa shape index (κ2) is 12.4. The number of benzene rings is 1. The second-order valence-electron chi connectivity index (χ2n) is 10.7. The van der Waals surface area contributed by atoms with Gasteiger partial charge in [-0.2, -0.15) is 10.1 Å². The molecule has 210 valence electrons. The molecule has 0 aliphatic rings. The van der Waals surface area contributed by atoms with Gasteiger partial charge in [-0.1, -0.05) is 26.0 Å². The van der Waals surface area contributed by atoms with Crippen LogP contribution in [0.1, 0.15) is 64.6 Å². The van der Waals surface area contributed by atoms with Crippen LogP contribution in [0.4, 0.5) is 16.3 Å². The fourth-order valence-corrected chi connectivity index (χ4v) is 3.96. The summed E-state index contributed by atoms with van der Waals surface area (Å²) in [6.07, 6.45) is 2.24. The SMILES string of the molecule is CC(C)c1nc(N(C)c2ncnn2C)nc(-c2ccc(F)cc2)c1C=C[C@@H](O)C[C@@H](O)CC(=O)OC(C)(C)C. The number of hydrogen-bond acceptors (Lipinski definition) is 9. The number of aromatic nitrogens is 5. The Balaban J connectivity index is 1.96. The number of esters is 1. The Labute approximate surface area is 228 Å². The van der Waals surface area contributed by atoms with Crippen LogP contribution in [0.3, 0.4) is 0 Å². The van der Waals surface area contributed by atoms with Crippen LogP contribution in [-0.4, -0.2) is 65.8 Å². The van der Waals surface area contributed by atoms with Gasteiger partial charge in [0.05, 0.1) is 30.0 Å². The Morgan fingerprint density at radius 3 is 2.41 bits per heavy atom. The van der Waals surface area contributed by atoms with Crippen molar-refractivity contribution in [1.82, 2.24) is 24.7 Å². The van der Waals surface area contributed by atoms with Crippen LogP contribution in [0.2, 0.25) is 0 Å². The highest BCUT2D eigenvalue weighted by atomic mass is 19.1. The fraction of sp³-hybridized carbons (Fsp3) is 0.464. The first kappa shape index (κ1) is 29.9. The van der Waals surface area contributed by atoms with Crippen LogP contribution in [0.15, 0.2) is 36.7 Å². The quantitative estimate of drug-likeness (QED) is 0.365. The van der Waals surface area contributed by atoms with Crippen LogP contribution >= 0.6 is 0 Å². The summed E-state index contributed by atoms with van der Waals surface area (Å²) in [5.74, 6) is -0.0388. The minimum atomic E-state index is -1.08. The highest BCUT2D eigenvalue weighted by molar-refractivity contribution is 5.75. The largest absolute Gasteiger partial charge is 0.460 e. The molecule has 0 spiro atoms. The predicted molar refractivity (Wildman–Crippen MR) is 147 cm³/mol. The molecule has 1 aromatic carbocycles. The van der Waals surface area contributed by atoms with E-state index < -0.39 is 23.8 Å². The molecule has 39 heavy (non-hydrogen) atoms. The zero-order chi connectivity index (χ0) is 28.9. The smallest absolute Gasteiger partial charge is 0.308 e. The molecular formula is C28H37FN6O4. The van der Waals surface area contributed by atoms with Gasteiger partial charge in [0.1, 0.15) is 17.7 Å². The number of nitrogens with zero attached hydrogens (tertiary/aromatic N) is 6. The van der Waals surface area contributed by atoms with Gasteiger partial charge in [0.2, 0.25) is 11.9 Å². The zero-order valence-corrected chi connectivity index (χ0v) is 23.5. The van der Waals surface area contributed by atoms with Crippen LogP contribution in [0.5, 0.6) is 0 Å². The van der Waals surface area contributed by atoms with E-state index in [-0.39, 0.29) is 24.6 Å². The highest BCUT2D eigenvalue weighted by Crippen LogP contribution is 2.32. The normalized spacial score (nSPS) is 13.6. The summed E-state index contributed by atoms with van der Waals surface area (Å²) in [7, 11) is 3.54. The lowest BCUT2D eigenvalue weighted by atomic mass is 9.97. The molecule has 0 aliphatic heterocycles. The number of aliphatic hydroxyl groups excluding tert-OH is 2. The van der Waals surface area contributed by atoms with Crippen LogP contribution in [0, 0.1) is 5.82 Å². The maximum absolute atomic E-state index is 13.7. The number of ether oxygens (including phenoxy) is 1. The molecule has 0 saturated carbocycles. The first-order valence-corrected chi connectivity index (χ1v) is 12.8. The van der Waals surface area contributed by atoms with Crippen molar-refractivity contribution in [3.05, 3.63) is 53.7 Å². The van der Waals surface area contributed by atoms with E-state index >= 15 is 0 Å². The number of halogens is 1. The molecule has 0 unspecified atom stereocenters. The molecule has 0 bridgehead atoms. The third-order valence-electron chi connectivity index (χ3n) is 5.74. The van der Waals surface area contributed by atoms with E-state index in [1.165, 1.54) is 24.5 Å². The summed E-state index contributed by atoms with van der Waals surface area (Å²) in [5, 5.41) is 25.1. The molecule has 3 rings (SSSR count). The standard InChI is InChI=1S/C28H37FN6O4/c1-17(2)24-22(13-12-20(36)14-21(37)15-23(38)39-28(3,4)5)25(18-8-10-19(29)11-9-18)33-26(32-24)34(6)27-30-16-31-35(27)7/h8-13,16-17,20-21,36-37H,14-15H2,1-7H3/t20-,21-/m1/s1. The van der Waals surface area contributed by atoms with Crippen molar-refractivity contribution in [2.45, 2.75) is 71.2 Å². The molecule has 0 aliphatic carbocycles. The molecule has 2 atom stereocenters. The maximum atomic E-state index is 13.7. The topological polar surface area (TPSA) is 126 Å². The lowest BCUT2D eigenvalue weighted by Crippen LogP contribution is -2.27. The molecule has 0 saturated heterocycles. The molecule has 11 heteroatoms. The van der Waals surface area contributed by atoms with Crippen molar-refractivity contribution in [1.29, 1.82) is 0 Å². The summed E-state index contributed by atoms with van der Waals surface area (Å²) in [6.45, 7) is 9.22. The number of aryl methyl sites for hydroxylation is 1. The molecule has 10 nitrogen and oxygen atoms in total. The summed E-state index contributed by atoms with van der Waals surface area (Å²) < 4.78 is 20.6. The van der Waals surface area contributed by atoms with Gasteiger partial charge in [-0.05, 0) is 51.0 Å². The second-order valence-corrected chi connectivity index (χ2v) is 10.7. The van der Waals surface area contributed by atoms with Gasteiger partial charge in [-0.25, -0.2) is 19.0 Å². The van der Waals surface area contributed by atoms with Crippen molar-refractivity contribution in [2.24, 2.45) is 7.05 Å². The van der Waals surface area contributed by atoms with Crippen molar-refractivity contribution in [3.8, 4) is 11.3 Å². The Hall–Kier alpha value is -3.70. The third-order valence-corrected chi connectivity index (χ3v) is 5.74. The molecule has 2 heterocycles. The zero-order valence-electron chi connectivity index (χ0n) is 23.5. The minimum Gasteiger partial charge on any atom is -0.460 e. The van der Waals surface area contributed by atoms with E-state index in [2.05, 4.69) is 10.1 Å². The van der Waals surface area contributed by atoms with E-state index in [9.17, 15) is 19.4 Å². The number of aliphatic hydroxyl groups is 2. The fourth-order valence-electron chi connectivity index (χ4n) is 3.96. The van der Waals surface area contributed by atoms with Crippen LogP contribution < -0.4 is 4.90 Å². The van der Waals surface area contributed by atoms with Crippen LogP contribution in [-0.2, 0) is 16.6 Å². The predicted octanol–water partition coefficient (Wildman–Crippen LogP) is 4.16. The first-order valence-electron chi connectivity index (χ1n) is 12.8. The van der Waals surface area contributed by atoms with Crippen LogP contribution in [0.25, 0.3) is 17.3 Å². The Bertz CT molecular complexity index is 1300. The van der Waals surface area contributed by atoms with E-state index in [4.69, 9.17) is 14.7 Å². The Morgan fingerprint density at radius 1 is 1.18 bits per heavy atom. The number of carbonyl (C=O) groups is 1. The first-order chi connectivity index (χ1) is 18.2. The number of hydrogen-bond donors (Lipinski definition) is 2. The number of anilines is 2. The van der Waals surface area contributed by atoms with Gasteiger partial charge >= 0.3 is 5.97 Å². The molecule has 3 aromatic rings.